The number of nitrogens with one attached hydrogen (secondary N) is 1. The number of rotatable bonds is 0. The minimum absolute atomic E-state index is 0.0155. The summed E-state index contributed by atoms with van der Waals surface area (Å²) in [5, 5.41) is 4.44. The molecule has 1 aliphatic carbocycles. The Kier molecular flexibility index (Phi) is 4.47. The van der Waals surface area contributed by atoms with Crippen molar-refractivity contribution in [3.8, 4) is 0 Å². The monoisotopic (exact) mass is 512 g/mol. The molecule has 4 aliphatic heterocycles. The van der Waals surface area contributed by atoms with Gasteiger partial charge in [-0.15, -0.1) is 0 Å². The Labute approximate surface area is 231 Å². The van der Waals surface area contributed by atoms with Crippen LogP contribution >= 0.6 is 0 Å². The summed E-state index contributed by atoms with van der Waals surface area (Å²) in [7, 11) is 0. The molecule has 0 amide bonds. The molecular formula is C36H24N4. The maximum atomic E-state index is 5.28. The Hall–Kier alpha value is -5.09. The van der Waals surface area contributed by atoms with Crippen molar-refractivity contribution in [2.75, 3.05) is 0 Å². The number of H-pyrrole nitrogens is 1. The van der Waals surface area contributed by atoms with E-state index >= 15 is 0 Å². The van der Waals surface area contributed by atoms with Gasteiger partial charge in [-0.1, -0.05) is 91.0 Å². The SMILES string of the molecule is C1=CC2C(=CC1)C1=NC2C=C2N=C(C=c3[nH]c(c4ccccc34)=CC3=NC(=C1)c1ccccc13)c1ccccc12. The molecule has 0 radical (unpaired) electrons. The van der Waals surface area contributed by atoms with Crippen LogP contribution in [-0.2, 0) is 0 Å². The molecule has 9 rings (SSSR count). The van der Waals surface area contributed by atoms with Gasteiger partial charge in [-0.3, -0.25) is 4.99 Å². The highest BCUT2D eigenvalue weighted by molar-refractivity contribution is 6.29. The Morgan fingerprint density at radius 1 is 0.625 bits per heavy atom. The summed E-state index contributed by atoms with van der Waals surface area (Å²) in [5.41, 5.74) is 10.8. The zero-order chi connectivity index (χ0) is 26.2. The maximum absolute atomic E-state index is 5.28. The quantitative estimate of drug-likeness (QED) is 0.292. The molecule has 1 aromatic heterocycles. The van der Waals surface area contributed by atoms with E-state index in [0.717, 1.165) is 67.9 Å². The van der Waals surface area contributed by atoms with Crippen molar-refractivity contribution in [1.82, 2.24) is 4.98 Å². The molecule has 8 bridgehead atoms. The number of benzene rings is 3. The molecule has 5 heterocycles. The van der Waals surface area contributed by atoms with Crippen molar-refractivity contribution in [2.45, 2.75) is 12.5 Å². The number of hydrogen-bond acceptors (Lipinski definition) is 3. The number of aromatic amines is 1. The molecule has 4 heteroatoms. The summed E-state index contributed by atoms with van der Waals surface area (Å²) < 4.78 is 0. The van der Waals surface area contributed by atoms with Gasteiger partial charge in [0.15, 0.2) is 0 Å². The van der Waals surface area contributed by atoms with Crippen LogP contribution in [0.2, 0.25) is 0 Å². The smallest absolute Gasteiger partial charge is 0.0814 e. The highest BCUT2D eigenvalue weighted by Crippen LogP contribution is 2.38. The van der Waals surface area contributed by atoms with Crippen LogP contribution in [0, 0.1) is 5.92 Å². The fourth-order valence-corrected chi connectivity index (χ4v) is 6.65. The lowest BCUT2D eigenvalue weighted by Crippen LogP contribution is -2.14. The summed E-state index contributed by atoms with van der Waals surface area (Å²) in [6.45, 7) is 0. The lowest BCUT2D eigenvalue weighted by Gasteiger charge is -2.16. The van der Waals surface area contributed by atoms with Gasteiger partial charge in [-0.2, -0.15) is 0 Å². The van der Waals surface area contributed by atoms with Gasteiger partial charge in [0.05, 0.1) is 34.6 Å². The Morgan fingerprint density at radius 2 is 1.23 bits per heavy atom. The van der Waals surface area contributed by atoms with Crippen molar-refractivity contribution in [3.63, 3.8) is 0 Å². The van der Waals surface area contributed by atoms with E-state index in [4.69, 9.17) is 15.0 Å². The summed E-state index contributed by atoms with van der Waals surface area (Å²) >= 11 is 0. The highest BCUT2D eigenvalue weighted by atomic mass is 14.9. The zero-order valence-electron chi connectivity index (χ0n) is 21.7. The third kappa shape index (κ3) is 3.16. The molecule has 0 saturated carbocycles. The summed E-state index contributed by atoms with van der Waals surface area (Å²) in [6, 6.07) is 25.6. The predicted octanol–water partition coefficient (Wildman–Crippen LogP) is 5.76. The fraction of sp³-hybridized carbons (Fsp3) is 0.0833. The second-order valence-corrected chi connectivity index (χ2v) is 10.8. The van der Waals surface area contributed by atoms with Crippen LogP contribution in [0.4, 0.5) is 0 Å². The van der Waals surface area contributed by atoms with Crippen molar-refractivity contribution in [2.24, 2.45) is 20.9 Å². The summed E-state index contributed by atoms with van der Waals surface area (Å²) in [4.78, 5) is 19.4. The standard InChI is InChI=1S/C36H24N4/c1-2-10-22-21(9-1)29-17-31-23-11-3-4-12-24(23)33(38-31)19-35-27-15-7-8-16-28(27)36(40-35)20-34-26-14-6-5-13-25(26)32(39-34)18-30(22)37-29/h1-7,9-20,27,35,37H,8H2. The van der Waals surface area contributed by atoms with E-state index in [1.54, 1.807) is 0 Å². The first-order chi connectivity index (χ1) is 19.8. The van der Waals surface area contributed by atoms with Crippen molar-refractivity contribution in [1.29, 1.82) is 0 Å². The van der Waals surface area contributed by atoms with E-state index in [9.17, 15) is 0 Å². The van der Waals surface area contributed by atoms with E-state index in [2.05, 4.69) is 120 Å². The van der Waals surface area contributed by atoms with Crippen LogP contribution in [0.25, 0.3) is 34.3 Å². The number of allylic oxidation sites excluding steroid dienone is 3. The summed E-state index contributed by atoms with van der Waals surface area (Å²) in [5.74, 6) is 0.209. The molecule has 0 spiro atoms. The highest BCUT2D eigenvalue weighted by Gasteiger charge is 2.33. The lowest BCUT2D eigenvalue weighted by atomic mass is 9.87. The van der Waals surface area contributed by atoms with E-state index in [1.165, 1.54) is 16.3 Å². The fourth-order valence-electron chi connectivity index (χ4n) is 6.65. The van der Waals surface area contributed by atoms with Gasteiger partial charge in [0.25, 0.3) is 0 Å². The summed E-state index contributed by atoms with van der Waals surface area (Å²) in [6.07, 6.45) is 16.6. The molecule has 2 atom stereocenters. The van der Waals surface area contributed by atoms with Gasteiger partial charge >= 0.3 is 0 Å². The Morgan fingerprint density at radius 3 is 1.93 bits per heavy atom. The van der Waals surface area contributed by atoms with Gasteiger partial charge in [0, 0.05) is 49.6 Å². The second kappa shape index (κ2) is 8.20. The third-order valence-corrected chi connectivity index (χ3v) is 8.51. The molecular weight excluding hydrogens is 488 g/mol. The van der Waals surface area contributed by atoms with Crippen LogP contribution in [0.15, 0.2) is 124 Å². The first-order valence-corrected chi connectivity index (χ1v) is 13.9. The molecule has 40 heavy (non-hydrogen) atoms. The molecule has 4 nitrogen and oxygen atoms in total. The van der Waals surface area contributed by atoms with Gasteiger partial charge < -0.3 is 4.98 Å². The van der Waals surface area contributed by atoms with Crippen LogP contribution in [0.1, 0.15) is 28.7 Å². The second-order valence-electron chi connectivity index (χ2n) is 10.8. The first-order valence-electron chi connectivity index (χ1n) is 13.9. The van der Waals surface area contributed by atoms with Crippen molar-refractivity contribution >= 4 is 51.5 Å². The normalized spacial score (nSPS) is 21.6. The molecule has 3 aromatic carbocycles. The van der Waals surface area contributed by atoms with E-state index in [1.807, 2.05) is 0 Å². The van der Waals surface area contributed by atoms with Crippen LogP contribution in [0.5, 0.6) is 0 Å². The molecule has 188 valence electrons. The number of aromatic nitrogens is 1. The topological polar surface area (TPSA) is 52.9 Å². The molecule has 0 saturated heterocycles. The first kappa shape index (κ1) is 21.8. The van der Waals surface area contributed by atoms with E-state index in [0.29, 0.717) is 0 Å². The third-order valence-electron chi connectivity index (χ3n) is 8.51. The zero-order valence-corrected chi connectivity index (χ0v) is 21.7. The lowest BCUT2D eigenvalue weighted by molar-refractivity contribution is 0.703. The van der Waals surface area contributed by atoms with E-state index in [-0.39, 0.29) is 12.0 Å². The van der Waals surface area contributed by atoms with Gasteiger partial charge in [0.2, 0.25) is 0 Å². The number of aliphatic imine (C=N–C) groups is 3. The minimum atomic E-state index is -0.0155. The average molecular weight is 513 g/mol. The molecule has 1 N–H and O–H groups in total. The van der Waals surface area contributed by atoms with Crippen molar-refractivity contribution < 1.29 is 0 Å². The number of nitrogens with zero attached hydrogens (tertiary/aromatic N) is 3. The maximum Gasteiger partial charge on any atom is 0.0814 e. The predicted molar refractivity (Wildman–Crippen MR) is 165 cm³/mol. The van der Waals surface area contributed by atoms with Gasteiger partial charge in [-0.25, -0.2) is 9.98 Å². The molecule has 0 fully saturated rings. The molecule has 5 aliphatic rings. The number of fused-ring (bicyclic) bond motifs is 17. The average Bonchev–Trinajstić information content (AvgIpc) is 3.73. The molecule has 2 unspecified atom stereocenters. The van der Waals surface area contributed by atoms with Crippen LogP contribution in [-0.4, -0.2) is 28.2 Å². The van der Waals surface area contributed by atoms with Gasteiger partial charge in [0.1, 0.15) is 0 Å². The van der Waals surface area contributed by atoms with Crippen LogP contribution < -0.4 is 10.7 Å². The van der Waals surface area contributed by atoms with Crippen LogP contribution in [0.3, 0.4) is 0 Å². The van der Waals surface area contributed by atoms with E-state index < -0.39 is 0 Å². The van der Waals surface area contributed by atoms with Crippen molar-refractivity contribution in [3.05, 3.63) is 142 Å². The minimum Gasteiger partial charge on any atom is -0.354 e. The Balaban J connectivity index is 1.38. The van der Waals surface area contributed by atoms with Gasteiger partial charge in [-0.05, 0) is 36.3 Å². The largest absolute Gasteiger partial charge is 0.354 e. The number of hydrogen-bond donors (Lipinski definition) is 1. The Bertz CT molecular complexity index is 2140. The molecule has 4 aromatic rings.